The first-order chi connectivity index (χ1) is 58.7. The summed E-state index contributed by atoms with van der Waals surface area (Å²) in [5.74, 6) is 0. The van der Waals surface area contributed by atoms with Crippen molar-refractivity contribution in [2.24, 2.45) is 0 Å². The molecule has 0 atom stereocenters. The Labute approximate surface area is 730 Å². The molecule has 0 amide bonds. The summed E-state index contributed by atoms with van der Waals surface area (Å²) in [6.45, 7) is 8.45. The zero-order chi connectivity index (χ0) is 81.0. The fourth-order valence-electron chi connectivity index (χ4n) is 19.4. The molecular weight excluding hydrogens is 1700 g/mol. The standard InChI is InChI=1S/C53H34BrN.C47H38BNO2.C12H8BrI/c54-42-18-11-13-38(32-42)35-22-24-36(25-23-35)39-27-29-46-47-30-26-37-12-7-8-19-44(37)52(47)55(51(46)33-39)43-28-31-50-48(34-43)45-20-9-10-21-49(45)53(50,40-14-3-1-4-15-40)41-16-5-2-6-17-41;1-45(2)46(3,4)51-48(50-45)34-24-27-38-39-26-23-31-15-11-12-20-36(31)44(39)49(43(38)29-34)35-25-28-42-40(30-35)37-21-13-14-22-41(37)47(42,32-16-7-5-8-17-32)33-18-9-6-10-19-33;13-11-3-1-2-10(8-11)9-4-6-12(14)7-5-9/h1-34H;5-30H,1-4H3;1-8H. The zero-order valence-corrected chi connectivity index (χ0v) is 72.0. The molecule has 574 valence electrons. The molecule has 3 aliphatic rings. The van der Waals surface area contributed by atoms with E-state index in [1.165, 1.54) is 163 Å². The van der Waals surface area contributed by atoms with E-state index in [-0.39, 0.29) is 0 Å². The third-order valence-electron chi connectivity index (χ3n) is 25.6. The van der Waals surface area contributed by atoms with Crippen molar-refractivity contribution in [1.29, 1.82) is 0 Å². The molecule has 23 rings (SSSR count). The number of aromatic nitrogens is 2. The zero-order valence-electron chi connectivity index (χ0n) is 66.7. The lowest BCUT2D eigenvalue weighted by atomic mass is 9.68. The van der Waals surface area contributed by atoms with Gasteiger partial charge in [-0.1, -0.05) is 372 Å². The number of nitrogens with zero attached hydrogens (tertiary/aromatic N) is 2. The topological polar surface area (TPSA) is 28.3 Å². The number of fused-ring (bicyclic) bond motifs is 16. The maximum absolute atomic E-state index is 6.56. The number of hydrogen-bond acceptors (Lipinski definition) is 2. The summed E-state index contributed by atoms with van der Waals surface area (Å²) in [6.07, 6.45) is 0. The number of hydrogen-bond donors (Lipinski definition) is 0. The second kappa shape index (κ2) is 30.2. The molecular formula is C112H80BBr2IN2O2. The molecule has 0 saturated carbocycles. The van der Waals surface area contributed by atoms with Crippen LogP contribution in [0.4, 0.5) is 0 Å². The Morgan fingerprint density at radius 1 is 0.267 bits per heavy atom. The molecule has 0 unspecified atom stereocenters. The van der Waals surface area contributed by atoms with Crippen LogP contribution >= 0.6 is 54.5 Å². The average Bonchev–Trinajstić information content (AvgIpc) is 1.53. The van der Waals surface area contributed by atoms with Crippen LogP contribution in [-0.4, -0.2) is 27.5 Å². The number of benzene rings is 18. The molecule has 1 aliphatic heterocycles. The predicted octanol–water partition coefficient (Wildman–Crippen LogP) is 29.7. The minimum Gasteiger partial charge on any atom is -0.399 e. The van der Waals surface area contributed by atoms with E-state index in [1.807, 2.05) is 6.07 Å². The molecule has 3 heterocycles. The fourth-order valence-corrected chi connectivity index (χ4v) is 20.6. The highest BCUT2D eigenvalue weighted by Crippen LogP contribution is 2.59. The van der Waals surface area contributed by atoms with Gasteiger partial charge < -0.3 is 18.4 Å². The van der Waals surface area contributed by atoms with Crippen molar-refractivity contribution in [2.75, 3.05) is 0 Å². The minimum absolute atomic E-state index is 0.424. The quantitative estimate of drug-likeness (QED) is 0.101. The van der Waals surface area contributed by atoms with Gasteiger partial charge in [0, 0.05) is 56.2 Å². The maximum atomic E-state index is 6.56. The Morgan fingerprint density at radius 2 is 0.617 bits per heavy atom. The smallest absolute Gasteiger partial charge is 0.399 e. The van der Waals surface area contributed by atoms with E-state index in [1.54, 1.807) is 0 Å². The van der Waals surface area contributed by atoms with Crippen molar-refractivity contribution >= 4 is 132 Å². The van der Waals surface area contributed by atoms with Gasteiger partial charge in [-0.3, -0.25) is 0 Å². The van der Waals surface area contributed by atoms with Crippen LogP contribution in [-0.2, 0) is 20.1 Å². The van der Waals surface area contributed by atoms with Gasteiger partial charge in [-0.05, 0) is 239 Å². The first-order valence-corrected chi connectivity index (χ1v) is 43.8. The van der Waals surface area contributed by atoms with E-state index in [0.29, 0.717) is 0 Å². The van der Waals surface area contributed by atoms with Crippen molar-refractivity contribution in [3.63, 3.8) is 0 Å². The van der Waals surface area contributed by atoms with Crippen LogP contribution in [0.3, 0.4) is 0 Å². The lowest BCUT2D eigenvalue weighted by molar-refractivity contribution is 0.00578. The highest BCUT2D eigenvalue weighted by Gasteiger charge is 2.52. The van der Waals surface area contributed by atoms with Gasteiger partial charge in [0.25, 0.3) is 0 Å². The van der Waals surface area contributed by atoms with Crippen molar-refractivity contribution < 1.29 is 9.31 Å². The molecule has 20 aromatic rings. The second-order valence-electron chi connectivity index (χ2n) is 32.8. The Bertz CT molecular complexity index is 7290. The van der Waals surface area contributed by atoms with Crippen LogP contribution in [0.2, 0.25) is 0 Å². The summed E-state index contributed by atoms with van der Waals surface area (Å²) in [4.78, 5) is 0. The first-order valence-electron chi connectivity index (χ1n) is 41.1. The van der Waals surface area contributed by atoms with Crippen LogP contribution in [0.5, 0.6) is 0 Å². The van der Waals surface area contributed by atoms with Gasteiger partial charge in [-0.2, -0.15) is 0 Å². The third-order valence-corrected chi connectivity index (χ3v) is 27.3. The minimum atomic E-state index is -0.452. The summed E-state index contributed by atoms with van der Waals surface area (Å²) >= 11 is 9.42. The normalized spacial score (nSPS) is 14.3. The lowest BCUT2D eigenvalue weighted by Crippen LogP contribution is -2.41. The second-order valence-corrected chi connectivity index (χ2v) is 35.8. The molecule has 120 heavy (non-hydrogen) atoms. The molecule has 0 spiro atoms. The van der Waals surface area contributed by atoms with Crippen LogP contribution in [0.15, 0.2) is 421 Å². The van der Waals surface area contributed by atoms with E-state index in [2.05, 4.69) is 498 Å². The van der Waals surface area contributed by atoms with Gasteiger partial charge in [-0.15, -0.1) is 0 Å². The molecule has 0 radical (unpaired) electrons. The fraction of sp³-hybridized carbons (Fsp3) is 0.0714. The van der Waals surface area contributed by atoms with Crippen LogP contribution in [0, 0.1) is 3.57 Å². The third kappa shape index (κ3) is 12.5. The van der Waals surface area contributed by atoms with Gasteiger partial charge in [0.2, 0.25) is 0 Å². The van der Waals surface area contributed by atoms with Crippen molar-refractivity contribution in [3.8, 4) is 67.0 Å². The first kappa shape index (κ1) is 75.2. The largest absolute Gasteiger partial charge is 0.494 e. The van der Waals surface area contributed by atoms with Crippen LogP contribution in [0.1, 0.15) is 72.2 Å². The maximum Gasteiger partial charge on any atom is 0.494 e. The van der Waals surface area contributed by atoms with Gasteiger partial charge in [0.1, 0.15) is 0 Å². The summed E-state index contributed by atoms with van der Waals surface area (Å²) in [5, 5.41) is 9.88. The molecule has 4 nitrogen and oxygen atoms in total. The number of rotatable bonds is 10. The molecule has 2 aromatic heterocycles. The van der Waals surface area contributed by atoms with Gasteiger partial charge in [0.05, 0.1) is 44.1 Å². The van der Waals surface area contributed by atoms with E-state index >= 15 is 0 Å². The highest BCUT2D eigenvalue weighted by molar-refractivity contribution is 14.1. The molecule has 1 saturated heterocycles. The average molecular weight is 1780 g/mol. The Hall–Kier alpha value is -12.2. The molecule has 8 heteroatoms. The van der Waals surface area contributed by atoms with E-state index in [4.69, 9.17) is 9.31 Å². The molecule has 0 N–H and O–H groups in total. The Morgan fingerprint density at radius 3 is 1.05 bits per heavy atom. The number of halogens is 3. The SMILES string of the molecule is Brc1cccc(-c2ccc(-c3ccc4c5ccc6ccccc6c5n(-c5ccc6c(c5)-c5ccccc5C6(c5ccccc5)c5ccccc5)c4c3)cc2)c1.Brc1cccc(-c2ccc(I)cc2)c1.CC1(C)OB(c2ccc3c4ccc5ccccc5c4n(-c4ccc5c(c4)-c4ccccc4C5(c4ccccc4)c4ccccc4)c3c2)OC1(C)C. The molecule has 0 bridgehead atoms. The van der Waals surface area contributed by atoms with Crippen LogP contribution in [0.25, 0.3) is 132 Å². The van der Waals surface area contributed by atoms with E-state index in [9.17, 15) is 0 Å². The monoisotopic (exact) mass is 1780 g/mol. The predicted molar refractivity (Wildman–Crippen MR) is 518 cm³/mol. The van der Waals surface area contributed by atoms with Crippen molar-refractivity contribution in [2.45, 2.75) is 49.7 Å². The van der Waals surface area contributed by atoms with Gasteiger partial charge >= 0.3 is 7.12 Å². The Balaban J connectivity index is 0.000000128. The van der Waals surface area contributed by atoms with Gasteiger partial charge in [-0.25, -0.2) is 0 Å². The highest BCUT2D eigenvalue weighted by atomic mass is 127. The lowest BCUT2D eigenvalue weighted by Gasteiger charge is -2.33. The summed E-state index contributed by atoms with van der Waals surface area (Å²) < 4.78 is 21.6. The molecule has 18 aromatic carbocycles. The van der Waals surface area contributed by atoms with Crippen molar-refractivity contribution in [3.05, 3.63) is 470 Å². The Kier molecular flexibility index (Phi) is 19.0. The van der Waals surface area contributed by atoms with Crippen molar-refractivity contribution in [1.82, 2.24) is 9.13 Å². The van der Waals surface area contributed by atoms with E-state index < -0.39 is 29.2 Å². The van der Waals surface area contributed by atoms with E-state index in [0.717, 1.165) is 31.3 Å². The van der Waals surface area contributed by atoms with Crippen LogP contribution < -0.4 is 5.46 Å². The summed E-state index contributed by atoms with van der Waals surface area (Å²) in [7, 11) is -0.452. The molecule has 1 fully saturated rings. The summed E-state index contributed by atoms with van der Waals surface area (Å²) in [6, 6.07) is 151. The summed E-state index contributed by atoms with van der Waals surface area (Å²) in [5.41, 5.74) is 29.1. The van der Waals surface area contributed by atoms with Gasteiger partial charge in [0.15, 0.2) is 0 Å². The molecule has 2 aliphatic carbocycles.